The first-order chi connectivity index (χ1) is 16.9. The molecule has 176 valence electrons. The number of thioether (sulfide) groups is 1. The number of aromatic nitrogens is 2. The molecule has 1 atom stereocenters. The zero-order valence-electron chi connectivity index (χ0n) is 17.7. The van der Waals surface area contributed by atoms with Crippen molar-refractivity contribution in [2.45, 2.75) is 16.1 Å². The third-order valence-corrected chi connectivity index (χ3v) is 7.39. The number of ketones is 1. The van der Waals surface area contributed by atoms with E-state index in [-0.39, 0.29) is 22.3 Å². The van der Waals surface area contributed by atoms with E-state index in [1.54, 1.807) is 12.1 Å². The number of nitrogens with zero attached hydrogens (tertiary/aromatic N) is 3. The van der Waals surface area contributed by atoms with Crippen molar-refractivity contribution in [3.05, 3.63) is 107 Å². The number of anilines is 1. The van der Waals surface area contributed by atoms with Gasteiger partial charge in [0.1, 0.15) is 11.6 Å². The van der Waals surface area contributed by atoms with Crippen LogP contribution < -0.4 is 4.90 Å². The lowest BCUT2D eigenvalue weighted by Crippen LogP contribution is -2.31. The maximum atomic E-state index is 13.6. The molecule has 0 saturated carbocycles. The lowest BCUT2D eigenvalue weighted by atomic mass is 9.95. The van der Waals surface area contributed by atoms with E-state index in [0.717, 1.165) is 16.9 Å². The number of carbonyl (C=O) groups is 2. The number of carbonyl (C=O) groups excluding carboxylic acids is 2. The average Bonchev–Trinajstić information content (AvgIpc) is 3.60. The van der Waals surface area contributed by atoms with Crippen LogP contribution in [0.15, 0.2) is 87.0 Å². The van der Waals surface area contributed by atoms with Crippen LogP contribution in [0.5, 0.6) is 0 Å². The van der Waals surface area contributed by atoms with E-state index in [9.17, 15) is 23.5 Å². The summed E-state index contributed by atoms with van der Waals surface area (Å²) in [6.45, 7) is 0. The van der Waals surface area contributed by atoms with E-state index in [2.05, 4.69) is 10.2 Å². The van der Waals surface area contributed by atoms with Gasteiger partial charge in [-0.25, -0.2) is 8.78 Å². The third kappa shape index (κ3) is 4.47. The van der Waals surface area contributed by atoms with Crippen LogP contribution in [0.25, 0.3) is 0 Å². The number of amides is 1. The Balaban J connectivity index is 1.48. The lowest BCUT2D eigenvalue weighted by Gasteiger charge is -2.23. The van der Waals surface area contributed by atoms with Gasteiger partial charge < -0.3 is 9.52 Å². The molecule has 1 N–H and O–H groups in total. The van der Waals surface area contributed by atoms with Crippen LogP contribution >= 0.6 is 23.1 Å². The molecule has 5 rings (SSSR count). The predicted molar refractivity (Wildman–Crippen MR) is 125 cm³/mol. The molecule has 2 aromatic carbocycles. The number of furan rings is 1. The molecular formula is C24H15F2N3O4S2. The SMILES string of the molecule is O=C(C1=C(O)C(=O)N(c2nnc(SCc3ccc(F)cc3)s2)C1c1ccc(F)cc1)c1ccco1. The second kappa shape index (κ2) is 9.43. The topological polar surface area (TPSA) is 96.5 Å². The fourth-order valence-electron chi connectivity index (χ4n) is 3.62. The van der Waals surface area contributed by atoms with Crippen LogP contribution in [0, 0.1) is 11.6 Å². The Hall–Kier alpha value is -3.83. The average molecular weight is 512 g/mol. The van der Waals surface area contributed by atoms with Gasteiger partial charge in [0, 0.05) is 5.75 Å². The highest BCUT2D eigenvalue weighted by Gasteiger charge is 2.46. The quantitative estimate of drug-likeness (QED) is 0.199. The highest BCUT2D eigenvalue weighted by molar-refractivity contribution is 8.00. The number of halogens is 2. The van der Waals surface area contributed by atoms with Crippen molar-refractivity contribution in [3.8, 4) is 0 Å². The molecule has 1 aliphatic rings. The van der Waals surface area contributed by atoms with Crippen LogP contribution in [-0.4, -0.2) is 27.0 Å². The largest absolute Gasteiger partial charge is 0.503 e. The molecule has 0 spiro atoms. The van der Waals surface area contributed by atoms with Crippen molar-refractivity contribution in [3.63, 3.8) is 0 Å². The first-order valence-corrected chi connectivity index (χ1v) is 12.0. The van der Waals surface area contributed by atoms with Crippen LogP contribution in [0.4, 0.5) is 13.9 Å². The molecule has 0 fully saturated rings. The number of hydrogen-bond acceptors (Lipinski definition) is 8. The number of aliphatic hydroxyl groups excluding tert-OH is 1. The van der Waals surface area contributed by atoms with Crippen LogP contribution in [0.2, 0.25) is 0 Å². The minimum absolute atomic E-state index is 0.0545. The summed E-state index contributed by atoms with van der Waals surface area (Å²) in [7, 11) is 0. The van der Waals surface area contributed by atoms with Crippen LogP contribution in [-0.2, 0) is 10.5 Å². The van der Waals surface area contributed by atoms with Gasteiger partial charge in [-0.1, -0.05) is 47.4 Å². The monoisotopic (exact) mass is 511 g/mol. The number of rotatable bonds is 7. The molecule has 0 radical (unpaired) electrons. The Kier molecular flexibility index (Phi) is 6.18. The van der Waals surface area contributed by atoms with E-state index in [0.29, 0.717) is 15.7 Å². The van der Waals surface area contributed by atoms with Crippen molar-refractivity contribution in [2.24, 2.45) is 0 Å². The van der Waals surface area contributed by atoms with Crippen LogP contribution in [0.3, 0.4) is 0 Å². The zero-order valence-corrected chi connectivity index (χ0v) is 19.4. The molecule has 0 saturated heterocycles. The molecule has 1 aliphatic heterocycles. The molecule has 1 amide bonds. The molecular weight excluding hydrogens is 496 g/mol. The second-order valence-electron chi connectivity index (χ2n) is 7.46. The maximum Gasteiger partial charge on any atom is 0.296 e. The van der Waals surface area contributed by atoms with E-state index in [1.165, 1.54) is 71.5 Å². The summed E-state index contributed by atoms with van der Waals surface area (Å²) in [6.07, 6.45) is 1.31. The summed E-state index contributed by atoms with van der Waals surface area (Å²) in [5.74, 6) is -2.63. The summed E-state index contributed by atoms with van der Waals surface area (Å²) in [5, 5.41) is 19.1. The molecule has 1 unspecified atom stereocenters. The van der Waals surface area contributed by atoms with E-state index >= 15 is 0 Å². The van der Waals surface area contributed by atoms with Crippen molar-refractivity contribution < 1.29 is 27.9 Å². The predicted octanol–water partition coefficient (Wildman–Crippen LogP) is 5.48. The van der Waals surface area contributed by atoms with E-state index < -0.39 is 29.3 Å². The van der Waals surface area contributed by atoms with Gasteiger partial charge in [-0.05, 0) is 47.5 Å². The molecule has 11 heteroatoms. The van der Waals surface area contributed by atoms with E-state index in [1.807, 2.05) is 0 Å². The first-order valence-electron chi connectivity index (χ1n) is 10.2. The molecule has 7 nitrogen and oxygen atoms in total. The van der Waals surface area contributed by atoms with Gasteiger partial charge in [-0.2, -0.15) is 0 Å². The zero-order chi connectivity index (χ0) is 24.5. The number of hydrogen-bond donors (Lipinski definition) is 1. The van der Waals surface area contributed by atoms with Gasteiger partial charge in [0.15, 0.2) is 15.9 Å². The lowest BCUT2D eigenvalue weighted by molar-refractivity contribution is -0.117. The number of aliphatic hydroxyl groups is 1. The Morgan fingerprint density at radius 2 is 1.74 bits per heavy atom. The van der Waals surface area contributed by atoms with Gasteiger partial charge in [0.25, 0.3) is 5.91 Å². The second-order valence-corrected chi connectivity index (χ2v) is 9.64. The van der Waals surface area contributed by atoms with Gasteiger partial charge in [-0.15, -0.1) is 10.2 Å². The molecule has 2 aromatic heterocycles. The maximum absolute atomic E-state index is 13.6. The summed E-state index contributed by atoms with van der Waals surface area (Å²) in [6, 6.07) is 13.2. The van der Waals surface area contributed by atoms with Crippen molar-refractivity contribution in [1.82, 2.24) is 10.2 Å². The van der Waals surface area contributed by atoms with Gasteiger partial charge in [0.05, 0.1) is 17.9 Å². The minimum atomic E-state index is -1.07. The Morgan fingerprint density at radius 1 is 1.06 bits per heavy atom. The number of benzene rings is 2. The standard InChI is InChI=1S/C24H15F2N3O4S2/c25-15-7-3-13(4-8-15)12-34-24-28-27-23(35-24)29-19(14-5-9-16(26)10-6-14)18(21(31)22(29)32)20(30)17-2-1-11-33-17/h1-11,19,31H,12H2. The number of Topliss-reactive ketones (excluding diaryl/α,β-unsaturated/α-hetero) is 1. The molecule has 0 bridgehead atoms. The molecule has 35 heavy (non-hydrogen) atoms. The van der Waals surface area contributed by atoms with Gasteiger partial charge in [-0.3, -0.25) is 14.5 Å². The molecule has 3 heterocycles. The van der Waals surface area contributed by atoms with Gasteiger partial charge >= 0.3 is 0 Å². The van der Waals surface area contributed by atoms with Crippen LogP contribution in [0.1, 0.15) is 27.7 Å². The highest BCUT2D eigenvalue weighted by atomic mass is 32.2. The fourth-order valence-corrected chi connectivity index (χ4v) is 5.44. The summed E-state index contributed by atoms with van der Waals surface area (Å²) in [4.78, 5) is 27.4. The van der Waals surface area contributed by atoms with E-state index in [4.69, 9.17) is 4.42 Å². The van der Waals surface area contributed by atoms with Gasteiger partial charge in [0.2, 0.25) is 10.9 Å². The highest BCUT2D eigenvalue weighted by Crippen LogP contribution is 2.44. The smallest absolute Gasteiger partial charge is 0.296 e. The first kappa shape index (κ1) is 22.9. The Labute approximate surface area is 205 Å². The fraction of sp³-hybridized carbons (Fsp3) is 0.0833. The van der Waals surface area contributed by atoms with Crippen molar-refractivity contribution in [2.75, 3.05) is 4.90 Å². The normalized spacial score (nSPS) is 15.8. The minimum Gasteiger partial charge on any atom is -0.503 e. The Bertz CT molecular complexity index is 1420. The summed E-state index contributed by atoms with van der Waals surface area (Å²) in [5.41, 5.74) is 1.07. The van der Waals surface area contributed by atoms with Crippen molar-refractivity contribution in [1.29, 1.82) is 0 Å². The summed E-state index contributed by atoms with van der Waals surface area (Å²) < 4.78 is 32.5. The Morgan fingerprint density at radius 3 is 2.40 bits per heavy atom. The molecule has 4 aromatic rings. The van der Waals surface area contributed by atoms with Crippen molar-refractivity contribution >= 4 is 39.9 Å². The summed E-state index contributed by atoms with van der Waals surface area (Å²) >= 11 is 2.44. The third-order valence-electron chi connectivity index (χ3n) is 5.26. The molecule has 0 aliphatic carbocycles.